The molecule has 1 atom stereocenters. The number of hydrogen-bond acceptors (Lipinski definition) is 2. The molecule has 0 saturated heterocycles. The van der Waals surface area contributed by atoms with Crippen molar-refractivity contribution in [3.05, 3.63) is 63.2 Å². The molecular weight excluding hydrogens is 377 g/mol. The fraction of sp³-hybridized carbons (Fsp3) is 0.235. The van der Waals surface area contributed by atoms with Crippen LogP contribution in [-0.2, 0) is 11.2 Å². The number of amides is 1. The monoisotopic (exact) mass is 393 g/mol. The van der Waals surface area contributed by atoms with Crippen molar-refractivity contribution in [2.45, 2.75) is 18.9 Å². The van der Waals surface area contributed by atoms with Crippen LogP contribution >= 0.6 is 22.6 Å². The molecule has 2 aromatic rings. The first-order valence-electron chi connectivity index (χ1n) is 6.98. The Hall–Kier alpha value is -1.56. The SMILES string of the molecule is O=C(COc1ccc(I)cc1)NC1CCc2ccccc21. The third-order valence-corrected chi connectivity index (χ3v) is 4.37. The van der Waals surface area contributed by atoms with E-state index in [2.05, 4.69) is 40.0 Å². The summed E-state index contributed by atoms with van der Waals surface area (Å²) in [5.41, 5.74) is 2.57. The minimum atomic E-state index is -0.0738. The Kier molecular flexibility index (Phi) is 4.43. The van der Waals surface area contributed by atoms with Gasteiger partial charge in [-0.1, -0.05) is 24.3 Å². The smallest absolute Gasteiger partial charge is 0.258 e. The minimum Gasteiger partial charge on any atom is -0.484 e. The van der Waals surface area contributed by atoms with Gasteiger partial charge in [-0.25, -0.2) is 0 Å². The van der Waals surface area contributed by atoms with Gasteiger partial charge in [-0.2, -0.15) is 0 Å². The summed E-state index contributed by atoms with van der Waals surface area (Å²) in [7, 11) is 0. The van der Waals surface area contributed by atoms with Gasteiger partial charge in [-0.15, -0.1) is 0 Å². The molecule has 0 bridgehead atoms. The van der Waals surface area contributed by atoms with Crippen LogP contribution < -0.4 is 10.1 Å². The molecule has 1 unspecified atom stereocenters. The molecule has 108 valence electrons. The van der Waals surface area contributed by atoms with Crippen LogP contribution in [0.2, 0.25) is 0 Å². The maximum Gasteiger partial charge on any atom is 0.258 e. The van der Waals surface area contributed by atoms with Gasteiger partial charge in [0, 0.05) is 3.57 Å². The average Bonchev–Trinajstić information content (AvgIpc) is 2.90. The van der Waals surface area contributed by atoms with Crippen molar-refractivity contribution in [3.63, 3.8) is 0 Å². The Morgan fingerprint density at radius 1 is 1.19 bits per heavy atom. The lowest BCUT2D eigenvalue weighted by molar-refractivity contribution is -0.123. The molecule has 0 radical (unpaired) electrons. The zero-order chi connectivity index (χ0) is 14.7. The van der Waals surface area contributed by atoms with Crippen LogP contribution in [0.15, 0.2) is 48.5 Å². The molecule has 1 N–H and O–H groups in total. The molecule has 0 aliphatic heterocycles. The molecule has 21 heavy (non-hydrogen) atoms. The predicted octanol–water partition coefficient (Wildman–Crippen LogP) is 3.47. The van der Waals surface area contributed by atoms with E-state index in [0.717, 1.165) is 22.2 Å². The predicted molar refractivity (Wildman–Crippen MR) is 90.3 cm³/mol. The summed E-state index contributed by atoms with van der Waals surface area (Å²) in [4.78, 5) is 12.0. The van der Waals surface area contributed by atoms with Crippen molar-refractivity contribution < 1.29 is 9.53 Å². The van der Waals surface area contributed by atoms with Crippen LogP contribution in [0.4, 0.5) is 0 Å². The molecule has 0 aromatic heterocycles. The molecule has 0 fully saturated rings. The van der Waals surface area contributed by atoms with Crippen molar-refractivity contribution >= 4 is 28.5 Å². The minimum absolute atomic E-state index is 0.0548. The van der Waals surface area contributed by atoms with Gasteiger partial charge >= 0.3 is 0 Å². The van der Waals surface area contributed by atoms with Gasteiger partial charge < -0.3 is 10.1 Å². The first-order chi connectivity index (χ1) is 10.2. The van der Waals surface area contributed by atoms with Crippen molar-refractivity contribution in [2.75, 3.05) is 6.61 Å². The first kappa shape index (κ1) is 14.4. The molecule has 3 rings (SSSR count). The number of benzene rings is 2. The highest BCUT2D eigenvalue weighted by Gasteiger charge is 2.23. The van der Waals surface area contributed by atoms with E-state index in [4.69, 9.17) is 4.74 Å². The lowest BCUT2D eigenvalue weighted by Crippen LogP contribution is -2.31. The standard InChI is InChI=1S/C17H16INO2/c18-13-6-8-14(9-7-13)21-11-17(20)19-16-10-5-12-3-1-2-4-15(12)16/h1-4,6-9,16H,5,10-11H2,(H,19,20). The van der Waals surface area contributed by atoms with Gasteiger partial charge in [0.25, 0.3) is 5.91 Å². The summed E-state index contributed by atoms with van der Waals surface area (Å²) in [5, 5.41) is 3.05. The average molecular weight is 393 g/mol. The molecule has 1 aliphatic carbocycles. The Morgan fingerprint density at radius 3 is 2.76 bits per heavy atom. The number of carbonyl (C=O) groups excluding carboxylic acids is 1. The second-order valence-corrected chi connectivity index (χ2v) is 6.35. The van der Waals surface area contributed by atoms with Crippen LogP contribution in [-0.4, -0.2) is 12.5 Å². The van der Waals surface area contributed by atoms with E-state index in [-0.39, 0.29) is 18.6 Å². The molecule has 0 heterocycles. The topological polar surface area (TPSA) is 38.3 Å². The Morgan fingerprint density at radius 2 is 1.95 bits per heavy atom. The zero-order valence-electron chi connectivity index (χ0n) is 11.5. The highest BCUT2D eigenvalue weighted by molar-refractivity contribution is 14.1. The Balaban J connectivity index is 1.54. The van der Waals surface area contributed by atoms with Gasteiger partial charge in [0.2, 0.25) is 0 Å². The highest BCUT2D eigenvalue weighted by atomic mass is 127. The van der Waals surface area contributed by atoms with Crippen LogP contribution in [0.5, 0.6) is 5.75 Å². The molecule has 0 spiro atoms. The molecule has 1 aliphatic rings. The van der Waals surface area contributed by atoms with Crippen LogP contribution in [0.25, 0.3) is 0 Å². The molecular formula is C17H16INO2. The van der Waals surface area contributed by atoms with E-state index in [1.165, 1.54) is 11.1 Å². The largest absolute Gasteiger partial charge is 0.484 e. The van der Waals surface area contributed by atoms with E-state index in [1.54, 1.807) is 0 Å². The third-order valence-electron chi connectivity index (χ3n) is 3.65. The number of fused-ring (bicyclic) bond motifs is 1. The maximum atomic E-state index is 12.0. The van der Waals surface area contributed by atoms with Crippen LogP contribution in [0.1, 0.15) is 23.6 Å². The first-order valence-corrected chi connectivity index (χ1v) is 8.06. The molecule has 4 heteroatoms. The van der Waals surface area contributed by atoms with Crippen LogP contribution in [0, 0.1) is 3.57 Å². The number of halogens is 1. The van der Waals surface area contributed by atoms with Gasteiger partial charge in [0.1, 0.15) is 5.75 Å². The number of nitrogens with one attached hydrogen (secondary N) is 1. The third kappa shape index (κ3) is 3.56. The zero-order valence-corrected chi connectivity index (χ0v) is 13.7. The van der Waals surface area contributed by atoms with Gasteiger partial charge in [-0.3, -0.25) is 4.79 Å². The van der Waals surface area contributed by atoms with E-state index < -0.39 is 0 Å². The summed E-state index contributed by atoms with van der Waals surface area (Å²) >= 11 is 2.24. The summed E-state index contributed by atoms with van der Waals surface area (Å²) in [6, 6.07) is 16.1. The fourth-order valence-corrected chi connectivity index (χ4v) is 2.98. The number of aryl methyl sites for hydroxylation is 1. The van der Waals surface area contributed by atoms with Crippen molar-refractivity contribution in [2.24, 2.45) is 0 Å². The van der Waals surface area contributed by atoms with E-state index in [0.29, 0.717) is 0 Å². The maximum absolute atomic E-state index is 12.0. The number of hydrogen-bond donors (Lipinski definition) is 1. The Labute approximate surface area is 137 Å². The number of ether oxygens (including phenoxy) is 1. The van der Waals surface area contributed by atoms with E-state index in [9.17, 15) is 4.79 Å². The van der Waals surface area contributed by atoms with E-state index in [1.807, 2.05) is 36.4 Å². The van der Waals surface area contributed by atoms with Gasteiger partial charge in [0.15, 0.2) is 6.61 Å². The Bertz CT molecular complexity index is 639. The molecule has 3 nitrogen and oxygen atoms in total. The summed E-state index contributed by atoms with van der Waals surface area (Å²) in [5.74, 6) is 0.646. The lowest BCUT2D eigenvalue weighted by Gasteiger charge is -2.14. The van der Waals surface area contributed by atoms with Crippen molar-refractivity contribution in [1.82, 2.24) is 5.32 Å². The molecule has 2 aromatic carbocycles. The number of carbonyl (C=O) groups is 1. The highest BCUT2D eigenvalue weighted by Crippen LogP contribution is 2.30. The summed E-state index contributed by atoms with van der Waals surface area (Å²) in [6.45, 7) is 0.0548. The van der Waals surface area contributed by atoms with Crippen molar-refractivity contribution in [3.8, 4) is 5.75 Å². The van der Waals surface area contributed by atoms with Crippen LogP contribution in [0.3, 0.4) is 0 Å². The second kappa shape index (κ2) is 6.47. The summed E-state index contributed by atoms with van der Waals surface area (Å²) in [6.07, 6.45) is 1.99. The lowest BCUT2D eigenvalue weighted by atomic mass is 10.1. The second-order valence-electron chi connectivity index (χ2n) is 5.10. The summed E-state index contributed by atoms with van der Waals surface area (Å²) < 4.78 is 6.65. The van der Waals surface area contributed by atoms with Gasteiger partial charge in [0.05, 0.1) is 6.04 Å². The van der Waals surface area contributed by atoms with Gasteiger partial charge in [-0.05, 0) is 70.8 Å². The fourth-order valence-electron chi connectivity index (χ4n) is 2.62. The normalized spacial score (nSPS) is 16.3. The quantitative estimate of drug-likeness (QED) is 0.808. The molecule has 0 saturated carbocycles. The number of rotatable bonds is 4. The van der Waals surface area contributed by atoms with E-state index >= 15 is 0 Å². The van der Waals surface area contributed by atoms with Crippen molar-refractivity contribution in [1.29, 1.82) is 0 Å². The molecule has 1 amide bonds.